The number of aryl methyl sites for hydroxylation is 3. The first-order valence-corrected chi connectivity index (χ1v) is 7.06. The van der Waals surface area contributed by atoms with Crippen LogP contribution in [0.5, 0.6) is 0 Å². The molecule has 0 saturated heterocycles. The summed E-state index contributed by atoms with van der Waals surface area (Å²) in [6, 6.07) is 0. The Morgan fingerprint density at radius 1 is 1.19 bits per heavy atom. The van der Waals surface area contributed by atoms with Crippen molar-refractivity contribution in [3.63, 3.8) is 0 Å². The van der Waals surface area contributed by atoms with E-state index >= 15 is 0 Å². The summed E-state index contributed by atoms with van der Waals surface area (Å²) in [6.45, 7) is 6.95. The molecule has 116 valence electrons. The number of thiazole rings is 1. The van der Waals surface area contributed by atoms with Crippen LogP contribution in [0.2, 0.25) is 0 Å². The number of rotatable bonds is 4. The van der Waals surface area contributed by atoms with E-state index in [1.807, 2.05) is 6.92 Å². The molecule has 0 fully saturated rings. The number of halogens is 1. The smallest absolute Gasteiger partial charge is 0.246 e. The molecule has 21 heavy (non-hydrogen) atoms. The zero-order valence-electron chi connectivity index (χ0n) is 12.4. The maximum absolute atomic E-state index is 5.02. The minimum absolute atomic E-state index is 0. The third-order valence-electron chi connectivity index (χ3n) is 2.68. The van der Waals surface area contributed by atoms with E-state index in [9.17, 15) is 0 Å². The summed E-state index contributed by atoms with van der Waals surface area (Å²) in [5, 5.41) is 11.1. The van der Waals surface area contributed by atoms with Crippen LogP contribution in [-0.4, -0.2) is 28.1 Å². The van der Waals surface area contributed by atoms with Gasteiger partial charge < -0.3 is 15.2 Å². The number of aromatic nitrogens is 3. The van der Waals surface area contributed by atoms with Crippen molar-refractivity contribution in [2.75, 3.05) is 7.05 Å². The maximum Gasteiger partial charge on any atom is 0.246 e. The Hall–Kier alpha value is -1.23. The molecule has 0 spiro atoms. The van der Waals surface area contributed by atoms with Gasteiger partial charge in [-0.3, -0.25) is 4.99 Å². The van der Waals surface area contributed by atoms with Crippen molar-refractivity contribution >= 4 is 41.3 Å². The number of nitrogens with one attached hydrogen (secondary N) is 2. The van der Waals surface area contributed by atoms with Crippen LogP contribution in [0.1, 0.15) is 27.3 Å². The topological polar surface area (TPSA) is 88.2 Å². The van der Waals surface area contributed by atoms with Crippen LogP contribution in [0.4, 0.5) is 0 Å². The second-order valence-corrected chi connectivity index (χ2v) is 5.55. The van der Waals surface area contributed by atoms with Crippen molar-refractivity contribution < 1.29 is 4.52 Å². The van der Waals surface area contributed by atoms with Crippen molar-refractivity contribution in [2.45, 2.75) is 33.9 Å². The molecule has 0 bridgehead atoms. The van der Waals surface area contributed by atoms with Gasteiger partial charge in [-0.2, -0.15) is 4.98 Å². The molecule has 0 radical (unpaired) electrons. The first kappa shape index (κ1) is 17.8. The highest BCUT2D eigenvalue weighted by atomic mass is 127. The Bertz CT molecular complexity index is 589. The Balaban J connectivity index is 0.00000220. The summed E-state index contributed by atoms with van der Waals surface area (Å²) >= 11 is 1.69. The summed E-state index contributed by atoms with van der Waals surface area (Å²) in [5.41, 5.74) is 1.08. The standard InChI is InChI=1S/C12H18N6OS.HI/c1-7-8(2)20-11(16-7)6-15-12(13-4)14-5-10-17-9(3)18-19-10;/h5-6H2,1-4H3,(H2,13,14,15);1H. The molecule has 9 heteroatoms. The van der Waals surface area contributed by atoms with Crippen LogP contribution < -0.4 is 10.6 Å². The van der Waals surface area contributed by atoms with Crippen LogP contribution in [0.3, 0.4) is 0 Å². The minimum atomic E-state index is 0. The van der Waals surface area contributed by atoms with E-state index in [2.05, 4.69) is 37.7 Å². The normalized spacial score (nSPS) is 11.1. The molecule has 0 saturated carbocycles. The number of guanidine groups is 1. The minimum Gasteiger partial charge on any atom is -0.350 e. The summed E-state index contributed by atoms with van der Waals surface area (Å²) in [6.07, 6.45) is 0. The van der Waals surface area contributed by atoms with Gasteiger partial charge in [0.1, 0.15) is 5.01 Å². The molecule has 0 aliphatic carbocycles. The highest BCUT2D eigenvalue weighted by Gasteiger charge is 2.06. The summed E-state index contributed by atoms with van der Waals surface area (Å²) < 4.78 is 5.02. The molecule has 0 unspecified atom stereocenters. The Morgan fingerprint density at radius 2 is 1.90 bits per heavy atom. The SMILES string of the molecule is CN=C(NCc1nc(C)no1)NCc1nc(C)c(C)s1.I. The lowest BCUT2D eigenvalue weighted by Gasteiger charge is -2.08. The Labute approximate surface area is 144 Å². The first-order chi connectivity index (χ1) is 9.58. The first-order valence-electron chi connectivity index (χ1n) is 6.25. The van der Waals surface area contributed by atoms with Gasteiger partial charge in [0.2, 0.25) is 5.89 Å². The van der Waals surface area contributed by atoms with Gasteiger partial charge in [0, 0.05) is 11.9 Å². The van der Waals surface area contributed by atoms with Crippen molar-refractivity contribution in [3.8, 4) is 0 Å². The lowest BCUT2D eigenvalue weighted by Crippen LogP contribution is -2.36. The fourth-order valence-electron chi connectivity index (χ4n) is 1.57. The van der Waals surface area contributed by atoms with Crippen LogP contribution in [0.25, 0.3) is 0 Å². The van der Waals surface area contributed by atoms with Crippen molar-refractivity contribution in [1.82, 2.24) is 25.8 Å². The van der Waals surface area contributed by atoms with Gasteiger partial charge in [-0.1, -0.05) is 5.16 Å². The number of aliphatic imine (C=N–C) groups is 1. The van der Waals surface area contributed by atoms with Crippen LogP contribution >= 0.6 is 35.3 Å². The predicted octanol–water partition coefficient (Wildman–Crippen LogP) is 1.93. The van der Waals surface area contributed by atoms with E-state index in [0.717, 1.165) is 10.7 Å². The second kappa shape index (κ2) is 8.27. The van der Waals surface area contributed by atoms with Crippen molar-refractivity contribution in [3.05, 3.63) is 27.3 Å². The van der Waals surface area contributed by atoms with E-state index < -0.39 is 0 Å². The van der Waals surface area contributed by atoms with E-state index in [1.54, 1.807) is 25.3 Å². The van der Waals surface area contributed by atoms with Gasteiger partial charge in [0.15, 0.2) is 11.8 Å². The zero-order chi connectivity index (χ0) is 14.5. The molecule has 2 aromatic heterocycles. The second-order valence-electron chi connectivity index (χ2n) is 4.26. The zero-order valence-corrected chi connectivity index (χ0v) is 15.6. The Kier molecular flexibility index (Phi) is 7.02. The van der Waals surface area contributed by atoms with Crippen LogP contribution in [0.15, 0.2) is 9.52 Å². The lowest BCUT2D eigenvalue weighted by atomic mass is 10.4. The molecule has 2 heterocycles. The third-order valence-corrected chi connectivity index (χ3v) is 3.75. The third kappa shape index (κ3) is 5.23. The number of nitrogens with zero attached hydrogens (tertiary/aromatic N) is 4. The quantitative estimate of drug-likeness (QED) is 0.445. The van der Waals surface area contributed by atoms with Gasteiger partial charge in [-0.05, 0) is 20.8 Å². The molecule has 2 N–H and O–H groups in total. The molecule has 0 amide bonds. The molecule has 2 rings (SSSR count). The molecule has 0 atom stereocenters. The average molecular weight is 422 g/mol. The van der Waals surface area contributed by atoms with Gasteiger partial charge in [-0.25, -0.2) is 4.98 Å². The predicted molar refractivity (Wildman–Crippen MR) is 93.1 cm³/mol. The molecule has 7 nitrogen and oxygen atoms in total. The lowest BCUT2D eigenvalue weighted by molar-refractivity contribution is 0.371. The van der Waals surface area contributed by atoms with Crippen LogP contribution in [-0.2, 0) is 13.1 Å². The summed E-state index contributed by atoms with van der Waals surface area (Å²) in [4.78, 5) is 14.0. The monoisotopic (exact) mass is 422 g/mol. The van der Waals surface area contributed by atoms with E-state index in [4.69, 9.17) is 4.52 Å². The number of hydrogen-bond donors (Lipinski definition) is 2. The highest BCUT2D eigenvalue weighted by molar-refractivity contribution is 14.0. The van der Waals surface area contributed by atoms with Gasteiger partial charge >= 0.3 is 0 Å². The molecule has 0 aliphatic heterocycles. The molecular formula is C12H19IN6OS. The molecule has 0 aromatic carbocycles. The molecule has 0 aliphatic rings. The van der Waals surface area contributed by atoms with Gasteiger partial charge in [0.25, 0.3) is 0 Å². The molecular weight excluding hydrogens is 403 g/mol. The fourth-order valence-corrected chi connectivity index (χ4v) is 2.44. The maximum atomic E-state index is 5.02. The van der Waals surface area contributed by atoms with E-state index in [0.29, 0.717) is 30.8 Å². The summed E-state index contributed by atoms with van der Waals surface area (Å²) in [7, 11) is 1.72. The fraction of sp³-hybridized carbons (Fsp3) is 0.500. The van der Waals surface area contributed by atoms with Crippen molar-refractivity contribution in [2.24, 2.45) is 4.99 Å². The van der Waals surface area contributed by atoms with E-state index in [-0.39, 0.29) is 24.0 Å². The van der Waals surface area contributed by atoms with Crippen molar-refractivity contribution in [1.29, 1.82) is 0 Å². The summed E-state index contributed by atoms with van der Waals surface area (Å²) in [5.74, 6) is 1.83. The van der Waals surface area contributed by atoms with E-state index in [1.165, 1.54) is 4.88 Å². The Morgan fingerprint density at radius 3 is 2.43 bits per heavy atom. The van der Waals surface area contributed by atoms with Gasteiger partial charge in [-0.15, -0.1) is 35.3 Å². The molecule has 2 aromatic rings. The average Bonchev–Trinajstić information content (AvgIpc) is 2.97. The largest absolute Gasteiger partial charge is 0.350 e. The number of hydrogen-bond acceptors (Lipinski definition) is 6. The van der Waals surface area contributed by atoms with Gasteiger partial charge in [0.05, 0.1) is 18.8 Å². The highest BCUT2D eigenvalue weighted by Crippen LogP contribution is 2.15. The van der Waals surface area contributed by atoms with Crippen LogP contribution in [0, 0.1) is 20.8 Å².